The molecule has 21 heavy (non-hydrogen) atoms. The van der Waals surface area contributed by atoms with E-state index in [1.165, 1.54) is 24.4 Å². The minimum absolute atomic E-state index is 0.0126. The van der Waals surface area contributed by atoms with E-state index in [0.717, 1.165) is 11.3 Å². The third kappa shape index (κ3) is 2.38. The second-order valence-electron chi connectivity index (χ2n) is 4.92. The highest BCUT2D eigenvalue weighted by molar-refractivity contribution is 6.00. The molecule has 5 heteroatoms. The Hall–Kier alpha value is -2.69. The highest BCUT2D eigenvalue weighted by Gasteiger charge is 2.16. The average Bonchev–Trinajstić information content (AvgIpc) is 2.90. The van der Waals surface area contributed by atoms with Crippen LogP contribution in [-0.4, -0.2) is 21.0 Å². The first-order valence-corrected chi connectivity index (χ1v) is 6.52. The van der Waals surface area contributed by atoms with Gasteiger partial charge in [0.1, 0.15) is 5.82 Å². The standard InChI is InChI=1S/C16H13FN2O2/c1-9(10-2-4-11(17)5-3-10)13-8-14-15(19-13)12(16(20)21)6-7-18-14/h2-9,19H,1H3,(H,20,21). The third-order valence-corrected chi connectivity index (χ3v) is 3.61. The molecular weight excluding hydrogens is 271 g/mol. The van der Waals surface area contributed by atoms with E-state index in [2.05, 4.69) is 9.97 Å². The fourth-order valence-corrected chi connectivity index (χ4v) is 2.39. The monoisotopic (exact) mass is 284 g/mol. The molecule has 0 fully saturated rings. The van der Waals surface area contributed by atoms with Crippen LogP contribution in [-0.2, 0) is 0 Å². The van der Waals surface area contributed by atoms with E-state index in [-0.39, 0.29) is 17.3 Å². The van der Waals surface area contributed by atoms with Crippen molar-refractivity contribution in [3.05, 3.63) is 65.2 Å². The molecule has 3 aromatic rings. The van der Waals surface area contributed by atoms with Crippen LogP contribution in [0.15, 0.2) is 42.6 Å². The lowest BCUT2D eigenvalue weighted by Crippen LogP contribution is -1.99. The second-order valence-corrected chi connectivity index (χ2v) is 4.92. The largest absolute Gasteiger partial charge is 0.478 e. The normalized spacial score (nSPS) is 12.5. The van der Waals surface area contributed by atoms with E-state index in [4.69, 9.17) is 0 Å². The third-order valence-electron chi connectivity index (χ3n) is 3.61. The zero-order valence-corrected chi connectivity index (χ0v) is 11.3. The number of aromatic carboxylic acids is 1. The van der Waals surface area contributed by atoms with Gasteiger partial charge in [-0.05, 0) is 29.8 Å². The minimum atomic E-state index is -0.995. The number of carbonyl (C=O) groups is 1. The van der Waals surface area contributed by atoms with Gasteiger partial charge in [-0.25, -0.2) is 9.18 Å². The lowest BCUT2D eigenvalue weighted by atomic mass is 9.98. The molecule has 2 aromatic heterocycles. The van der Waals surface area contributed by atoms with Gasteiger partial charge in [-0.2, -0.15) is 0 Å². The summed E-state index contributed by atoms with van der Waals surface area (Å²) in [5, 5.41) is 9.19. The van der Waals surface area contributed by atoms with Crippen LogP contribution < -0.4 is 0 Å². The SMILES string of the molecule is CC(c1ccc(F)cc1)c1cc2nccc(C(=O)O)c2[nH]1. The summed E-state index contributed by atoms with van der Waals surface area (Å²) in [5.41, 5.74) is 3.10. The molecule has 1 unspecified atom stereocenters. The van der Waals surface area contributed by atoms with E-state index in [1.54, 1.807) is 12.1 Å². The van der Waals surface area contributed by atoms with Crippen molar-refractivity contribution < 1.29 is 14.3 Å². The Bertz CT molecular complexity index is 809. The molecule has 0 spiro atoms. The van der Waals surface area contributed by atoms with Crippen LogP contribution in [0.5, 0.6) is 0 Å². The molecule has 0 saturated carbocycles. The summed E-state index contributed by atoms with van der Waals surface area (Å²) in [5.74, 6) is -1.29. The van der Waals surface area contributed by atoms with Crippen molar-refractivity contribution in [1.82, 2.24) is 9.97 Å². The average molecular weight is 284 g/mol. The Labute approximate surface area is 120 Å². The molecule has 4 nitrogen and oxygen atoms in total. The Kier molecular flexibility index (Phi) is 3.17. The number of benzene rings is 1. The summed E-state index contributed by atoms with van der Waals surface area (Å²) < 4.78 is 13.0. The van der Waals surface area contributed by atoms with Crippen molar-refractivity contribution in [1.29, 1.82) is 0 Å². The van der Waals surface area contributed by atoms with Gasteiger partial charge in [0.2, 0.25) is 0 Å². The Morgan fingerprint density at radius 2 is 2.00 bits per heavy atom. The number of nitrogens with one attached hydrogen (secondary N) is 1. The topological polar surface area (TPSA) is 66.0 Å². The number of halogens is 1. The van der Waals surface area contributed by atoms with E-state index < -0.39 is 5.97 Å². The fourth-order valence-electron chi connectivity index (χ4n) is 2.39. The molecule has 0 amide bonds. The molecule has 2 N–H and O–H groups in total. The number of pyridine rings is 1. The minimum Gasteiger partial charge on any atom is -0.478 e. The first kappa shape index (κ1) is 13.3. The zero-order valence-electron chi connectivity index (χ0n) is 11.3. The summed E-state index contributed by atoms with van der Waals surface area (Å²) in [6.45, 7) is 1.97. The fraction of sp³-hybridized carbons (Fsp3) is 0.125. The van der Waals surface area contributed by atoms with Gasteiger partial charge in [0.25, 0.3) is 0 Å². The predicted molar refractivity (Wildman–Crippen MR) is 77.0 cm³/mol. The van der Waals surface area contributed by atoms with Crippen LogP contribution in [0.3, 0.4) is 0 Å². The van der Waals surface area contributed by atoms with Gasteiger partial charge in [-0.1, -0.05) is 19.1 Å². The summed E-state index contributed by atoms with van der Waals surface area (Å²) >= 11 is 0. The summed E-state index contributed by atoms with van der Waals surface area (Å²) in [7, 11) is 0. The van der Waals surface area contributed by atoms with E-state index in [0.29, 0.717) is 11.0 Å². The van der Waals surface area contributed by atoms with Crippen molar-refractivity contribution in [2.75, 3.05) is 0 Å². The Morgan fingerprint density at radius 3 is 2.67 bits per heavy atom. The van der Waals surface area contributed by atoms with Crippen LogP contribution in [0.4, 0.5) is 4.39 Å². The maximum atomic E-state index is 13.0. The van der Waals surface area contributed by atoms with E-state index >= 15 is 0 Å². The predicted octanol–water partition coefficient (Wildman–Crippen LogP) is 3.55. The molecule has 0 aliphatic heterocycles. The van der Waals surface area contributed by atoms with Crippen molar-refractivity contribution in [3.63, 3.8) is 0 Å². The number of rotatable bonds is 3. The maximum Gasteiger partial charge on any atom is 0.337 e. The lowest BCUT2D eigenvalue weighted by Gasteiger charge is -2.09. The number of carboxylic acids is 1. The molecule has 2 heterocycles. The van der Waals surface area contributed by atoms with Crippen LogP contribution in [0.1, 0.15) is 34.5 Å². The summed E-state index contributed by atoms with van der Waals surface area (Å²) in [6, 6.07) is 9.56. The number of hydrogen-bond acceptors (Lipinski definition) is 2. The molecule has 1 atom stereocenters. The number of aromatic amines is 1. The quantitative estimate of drug-likeness (QED) is 0.773. The van der Waals surface area contributed by atoms with Gasteiger partial charge >= 0.3 is 5.97 Å². The van der Waals surface area contributed by atoms with Crippen LogP contribution in [0.2, 0.25) is 0 Å². The molecular formula is C16H13FN2O2. The number of fused-ring (bicyclic) bond motifs is 1. The molecule has 0 bridgehead atoms. The van der Waals surface area contributed by atoms with Gasteiger partial charge in [0.05, 0.1) is 16.6 Å². The molecule has 0 radical (unpaired) electrons. The lowest BCUT2D eigenvalue weighted by molar-refractivity contribution is 0.0698. The van der Waals surface area contributed by atoms with Crippen LogP contribution in [0.25, 0.3) is 11.0 Å². The first-order chi connectivity index (χ1) is 10.1. The van der Waals surface area contributed by atoms with Gasteiger partial charge in [0.15, 0.2) is 0 Å². The smallest absolute Gasteiger partial charge is 0.337 e. The van der Waals surface area contributed by atoms with Crippen molar-refractivity contribution in [2.45, 2.75) is 12.8 Å². The highest BCUT2D eigenvalue weighted by Crippen LogP contribution is 2.27. The molecule has 106 valence electrons. The van der Waals surface area contributed by atoms with Crippen molar-refractivity contribution in [2.24, 2.45) is 0 Å². The number of nitrogens with zero attached hydrogens (tertiary/aromatic N) is 1. The molecule has 0 aliphatic rings. The molecule has 0 aliphatic carbocycles. The summed E-state index contributed by atoms with van der Waals surface area (Å²) in [6.07, 6.45) is 1.48. The molecule has 1 aromatic carbocycles. The maximum absolute atomic E-state index is 13.0. The second kappa shape index (κ2) is 5.01. The molecule has 3 rings (SSSR count). The van der Waals surface area contributed by atoms with Crippen molar-refractivity contribution >= 4 is 17.0 Å². The Morgan fingerprint density at radius 1 is 1.29 bits per heavy atom. The van der Waals surface area contributed by atoms with Gasteiger partial charge in [0, 0.05) is 17.8 Å². The number of carboxylic acid groups (broad SMARTS) is 1. The van der Waals surface area contributed by atoms with Gasteiger partial charge in [-0.15, -0.1) is 0 Å². The van der Waals surface area contributed by atoms with Crippen LogP contribution in [0, 0.1) is 5.82 Å². The highest BCUT2D eigenvalue weighted by atomic mass is 19.1. The van der Waals surface area contributed by atoms with Crippen molar-refractivity contribution in [3.8, 4) is 0 Å². The zero-order chi connectivity index (χ0) is 15.0. The number of aromatic nitrogens is 2. The first-order valence-electron chi connectivity index (χ1n) is 6.52. The number of hydrogen-bond donors (Lipinski definition) is 2. The van der Waals surface area contributed by atoms with E-state index in [1.807, 2.05) is 13.0 Å². The van der Waals surface area contributed by atoms with Gasteiger partial charge < -0.3 is 10.1 Å². The van der Waals surface area contributed by atoms with E-state index in [9.17, 15) is 14.3 Å². The Balaban J connectivity index is 2.06. The summed E-state index contributed by atoms with van der Waals surface area (Å²) in [4.78, 5) is 18.5. The van der Waals surface area contributed by atoms with Crippen LogP contribution >= 0.6 is 0 Å². The molecule has 0 saturated heterocycles. The number of H-pyrrole nitrogens is 1. The van der Waals surface area contributed by atoms with Gasteiger partial charge in [-0.3, -0.25) is 4.98 Å².